The van der Waals surface area contributed by atoms with Crippen molar-refractivity contribution in [1.29, 1.82) is 0 Å². The summed E-state index contributed by atoms with van der Waals surface area (Å²) in [7, 11) is 1.94. The van der Waals surface area contributed by atoms with E-state index in [4.69, 9.17) is 0 Å². The number of anilines is 2. The standard InChI is InChI=1S/C12H19N7/c1-4-13-10-7-11(17-9(2)16-10)14-6-5-12-18-15-8-19(12)3/h7-8H,4-6H2,1-3H3,(H2,13,14,16,17). The smallest absolute Gasteiger partial charge is 0.134 e. The average molecular weight is 261 g/mol. The van der Waals surface area contributed by atoms with Crippen LogP contribution in [0.5, 0.6) is 0 Å². The van der Waals surface area contributed by atoms with Crippen molar-refractivity contribution in [2.75, 3.05) is 23.7 Å². The van der Waals surface area contributed by atoms with Crippen molar-refractivity contribution in [3.05, 3.63) is 24.0 Å². The SMILES string of the molecule is CCNc1cc(NCCc2nncn2C)nc(C)n1. The fraction of sp³-hybridized carbons (Fsp3) is 0.500. The molecule has 7 heteroatoms. The van der Waals surface area contributed by atoms with E-state index in [9.17, 15) is 0 Å². The maximum absolute atomic E-state index is 4.35. The second-order valence-corrected chi connectivity index (χ2v) is 4.25. The lowest BCUT2D eigenvalue weighted by atomic mass is 10.4. The lowest BCUT2D eigenvalue weighted by Gasteiger charge is -2.09. The maximum atomic E-state index is 4.35. The van der Waals surface area contributed by atoms with Gasteiger partial charge in [-0.05, 0) is 13.8 Å². The van der Waals surface area contributed by atoms with Gasteiger partial charge in [0.25, 0.3) is 0 Å². The highest BCUT2D eigenvalue weighted by molar-refractivity contribution is 5.47. The molecule has 0 aliphatic rings. The van der Waals surface area contributed by atoms with Gasteiger partial charge in [-0.25, -0.2) is 9.97 Å². The van der Waals surface area contributed by atoms with Crippen LogP contribution in [0.4, 0.5) is 11.6 Å². The van der Waals surface area contributed by atoms with Gasteiger partial charge in [0.2, 0.25) is 0 Å². The van der Waals surface area contributed by atoms with Crippen LogP contribution in [0.15, 0.2) is 12.4 Å². The fourth-order valence-electron chi connectivity index (χ4n) is 1.77. The predicted molar refractivity (Wildman–Crippen MR) is 74.1 cm³/mol. The topological polar surface area (TPSA) is 80.5 Å². The molecule has 7 nitrogen and oxygen atoms in total. The molecule has 0 radical (unpaired) electrons. The summed E-state index contributed by atoms with van der Waals surface area (Å²) >= 11 is 0. The highest BCUT2D eigenvalue weighted by atomic mass is 15.2. The molecule has 0 fully saturated rings. The van der Waals surface area contributed by atoms with Crippen molar-refractivity contribution >= 4 is 11.6 Å². The number of nitrogens with one attached hydrogen (secondary N) is 2. The van der Waals surface area contributed by atoms with Gasteiger partial charge in [-0.3, -0.25) is 0 Å². The second-order valence-electron chi connectivity index (χ2n) is 4.25. The van der Waals surface area contributed by atoms with Crippen molar-refractivity contribution in [2.45, 2.75) is 20.3 Å². The summed E-state index contributed by atoms with van der Waals surface area (Å²) in [5.74, 6) is 3.37. The minimum Gasteiger partial charge on any atom is -0.370 e. The first-order valence-electron chi connectivity index (χ1n) is 6.35. The third-order valence-electron chi connectivity index (χ3n) is 2.66. The van der Waals surface area contributed by atoms with E-state index in [0.717, 1.165) is 42.8 Å². The monoisotopic (exact) mass is 261 g/mol. The van der Waals surface area contributed by atoms with Crippen molar-refractivity contribution < 1.29 is 0 Å². The van der Waals surface area contributed by atoms with Gasteiger partial charge in [-0.2, -0.15) is 0 Å². The molecule has 0 atom stereocenters. The molecule has 0 bridgehead atoms. The first-order chi connectivity index (χ1) is 9.19. The Balaban J connectivity index is 1.94. The molecule has 0 spiro atoms. The molecule has 0 amide bonds. The zero-order valence-corrected chi connectivity index (χ0v) is 11.5. The predicted octanol–water partition coefficient (Wildman–Crippen LogP) is 1.000. The number of aromatic nitrogens is 5. The second kappa shape index (κ2) is 6.12. The van der Waals surface area contributed by atoms with Crippen LogP contribution in [-0.4, -0.2) is 37.8 Å². The van der Waals surface area contributed by atoms with Crippen molar-refractivity contribution in [1.82, 2.24) is 24.7 Å². The van der Waals surface area contributed by atoms with E-state index in [-0.39, 0.29) is 0 Å². The fourth-order valence-corrected chi connectivity index (χ4v) is 1.77. The first-order valence-corrected chi connectivity index (χ1v) is 6.35. The third kappa shape index (κ3) is 3.64. The lowest BCUT2D eigenvalue weighted by molar-refractivity contribution is 0.787. The first kappa shape index (κ1) is 13.3. The summed E-state index contributed by atoms with van der Waals surface area (Å²) in [6.45, 7) is 5.52. The molecule has 2 aromatic rings. The Kier molecular flexibility index (Phi) is 4.27. The molecule has 2 heterocycles. The van der Waals surface area contributed by atoms with Crippen molar-refractivity contribution in [2.24, 2.45) is 7.05 Å². The summed E-state index contributed by atoms with van der Waals surface area (Å²) < 4.78 is 1.91. The Morgan fingerprint density at radius 2 is 1.95 bits per heavy atom. The van der Waals surface area contributed by atoms with Crippen LogP contribution in [0.3, 0.4) is 0 Å². The Morgan fingerprint density at radius 3 is 2.58 bits per heavy atom. The van der Waals surface area contributed by atoms with Crippen LogP contribution in [-0.2, 0) is 13.5 Å². The van der Waals surface area contributed by atoms with Gasteiger partial charge in [0.05, 0.1) is 0 Å². The third-order valence-corrected chi connectivity index (χ3v) is 2.66. The summed E-state index contributed by atoms with van der Waals surface area (Å²) in [4.78, 5) is 8.66. The quantitative estimate of drug-likeness (QED) is 0.807. The average Bonchev–Trinajstić information content (AvgIpc) is 2.75. The molecule has 0 aliphatic carbocycles. The van der Waals surface area contributed by atoms with Gasteiger partial charge >= 0.3 is 0 Å². The number of rotatable bonds is 6. The summed E-state index contributed by atoms with van der Waals surface area (Å²) in [6.07, 6.45) is 2.50. The largest absolute Gasteiger partial charge is 0.370 e. The lowest BCUT2D eigenvalue weighted by Crippen LogP contribution is -2.11. The molecule has 0 aromatic carbocycles. The molecule has 102 valence electrons. The normalized spacial score (nSPS) is 10.5. The zero-order chi connectivity index (χ0) is 13.7. The van der Waals surface area contributed by atoms with E-state index >= 15 is 0 Å². The van der Waals surface area contributed by atoms with E-state index in [1.807, 2.05) is 31.5 Å². The van der Waals surface area contributed by atoms with E-state index in [1.165, 1.54) is 0 Å². The van der Waals surface area contributed by atoms with E-state index < -0.39 is 0 Å². The number of hydrogen-bond acceptors (Lipinski definition) is 6. The molecule has 0 aliphatic heterocycles. The van der Waals surface area contributed by atoms with Crippen LogP contribution < -0.4 is 10.6 Å². The van der Waals surface area contributed by atoms with Crippen molar-refractivity contribution in [3.63, 3.8) is 0 Å². The Morgan fingerprint density at radius 1 is 1.21 bits per heavy atom. The Hall–Kier alpha value is -2.18. The van der Waals surface area contributed by atoms with Crippen LogP contribution in [0.1, 0.15) is 18.6 Å². The van der Waals surface area contributed by atoms with Crippen LogP contribution in [0.2, 0.25) is 0 Å². The van der Waals surface area contributed by atoms with E-state index in [1.54, 1.807) is 6.33 Å². The molecule has 19 heavy (non-hydrogen) atoms. The van der Waals surface area contributed by atoms with Crippen molar-refractivity contribution in [3.8, 4) is 0 Å². The van der Waals surface area contributed by atoms with Crippen LogP contribution in [0, 0.1) is 6.92 Å². The zero-order valence-electron chi connectivity index (χ0n) is 11.5. The highest BCUT2D eigenvalue weighted by Gasteiger charge is 2.03. The van der Waals surface area contributed by atoms with Crippen LogP contribution >= 0.6 is 0 Å². The molecule has 2 rings (SSSR count). The summed E-state index contributed by atoms with van der Waals surface area (Å²) in [6, 6.07) is 1.91. The highest BCUT2D eigenvalue weighted by Crippen LogP contribution is 2.10. The molecular formula is C12H19N7. The molecule has 0 unspecified atom stereocenters. The Bertz CT molecular complexity index is 535. The molecule has 2 aromatic heterocycles. The minimum absolute atomic E-state index is 0.750. The maximum Gasteiger partial charge on any atom is 0.134 e. The summed E-state index contributed by atoms with van der Waals surface area (Å²) in [5, 5.41) is 14.4. The van der Waals surface area contributed by atoms with Gasteiger partial charge in [0, 0.05) is 32.6 Å². The summed E-state index contributed by atoms with van der Waals surface area (Å²) in [5.41, 5.74) is 0. The van der Waals surface area contributed by atoms with Gasteiger partial charge in [-0.1, -0.05) is 0 Å². The van der Waals surface area contributed by atoms with Crippen LogP contribution in [0.25, 0.3) is 0 Å². The van der Waals surface area contributed by atoms with E-state index in [0.29, 0.717) is 0 Å². The minimum atomic E-state index is 0.750. The van der Waals surface area contributed by atoms with E-state index in [2.05, 4.69) is 30.8 Å². The molecule has 0 saturated carbocycles. The van der Waals surface area contributed by atoms with Gasteiger partial charge in [0.15, 0.2) is 0 Å². The number of nitrogens with zero attached hydrogens (tertiary/aromatic N) is 5. The molecular weight excluding hydrogens is 242 g/mol. The van der Waals surface area contributed by atoms with Gasteiger partial charge in [0.1, 0.15) is 29.6 Å². The van der Waals surface area contributed by atoms with Gasteiger partial charge in [-0.15, -0.1) is 10.2 Å². The molecule has 2 N–H and O–H groups in total. The Labute approximate surface area is 112 Å². The number of aryl methyl sites for hydroxylation is 2. The number of hydrogen-bond donors (Lipinski definition) is 2. The molecule has 0 saturated heterocycles. The van der Waals surface area contributed by atoms with Gasteiger partial charge < -0.3 is 15.2 Å².